The van der Waals surface area contributed by atoms with Gasteiger partial charge in [-0.2, -0.15) is 0 Å². The van der Waals surface area contributed by atoms with E-state index in [2.05, 4.69) is 9.47 Å². The van der Waals surface area contributed by atoms with Crippen molar-refractivity contribution in [3.63, 3.8) is 0 Å². The molecule has 0 aromatic carbocycles. The van der Waals surface area contributed by atoms with Crippen LogP contribution in [0.4, 0.5) is 0 Å². The molecule has 6 nitrogen and oxygen atoms in total. The third-order valence-corrected chi connectivity index (χ3v) is 0.640. The maximum absolute atomic E-state index is 10.4. The Labute approximate surface area is 135 Å². The minimum atomic E-state index is -1.50. The van der Waals surface area contributed by atoms with Crippen LogP contribution in [-0.4, -0.2) is 93.3 Å². The van der Waals surface area contributed by atoms with Crippen LogP contribution in [0.1, 0.15) is 13.8 Å². The third-order valence-electron chi connectivity index (χ3n) is 0.640. The van der Waals surface area contributed by atoms with Crippen molar-refractivity contribution < 1.29 is 28.7 Å². The largest absolute Gasteiger partial charge is 0.425 e. The van der Waals surface area contributed by atoms with Gasteiger partial charge in [0.2, 0.25) is 0 Å². The quantitative estimate of drug-likeness (QED) is 0.192. The molecule has 0 radical (unpaired) electrons. The van der Waals surface area contributed by atoms with E-state index in [1.165, 1.54) is 0 Å². The van der Waals surface area contributed by atoms with Gasteiger partial charge in [0.25, 0.3) is 0 Å². The highest BCUT2D eigenvalue weighted by Crippen LogP contribution is 1.85. The van der Waals surface area contributed by atoms with Crippen molar-refractivity contribution in [2.24, 2.45) is 0 Å². The minimum Gasteiger partial charge on any atom is -0.385 e. The van der Waals surface area contributed by atoms with Crippen molar-refractivity contribution in [3.8, 4) is 0 Å². The van der Waals surface area contributed by atoms with Gasteiger partial charge in [-0.3, -0.25) is 9.59 Å². The van der Waals surface area contributed by atoms with E-state index in [1.54, 1.807) is 0 Å². The summed E-state index contributed by atoms with van der Waals surface area (Å²) in [5.41, 5.74) is 0. The summed E-state index contributed by atoms with van der Waals surface area (Å²) in [4.78, 5) is 41.1. The molecule has 0 bridgehead atoms. The van der Waals surface area contributed by atoms with Crippen molar-refractivity contribution in [1.82, 2.24) is 0 Å². The lowest BCUT2D eigenvalue weighted by Gasteiger charge is -1.96. The van der Waals surface area contributed by atoms with Crippen molar-refractivity contribution in [1.29, 1.82) is 0 Å². The Bertz CT molecular complexity index is 227. The molecular formula is C6H18Al4O6. The average Bonchev–Trinajstić information content (AvgIpc) is 1.84. The molecule has 0 aromatic rings. The molecule has 0 spiro atoms. The normalized spacial score (nSPS) is 6.38. The Morgan fingerprint density at radius 2 is 0.812 bits per heavy atom. The summed E-state index contributed by atoms with van der Waals surface area (Å²) in [5, 5.41) is 0. The Hall–Kier alpha value is 0.410. The van der Waals surface area contributed by atoms with Crippen molar-refractivity contribution in [3.05, 3.63) is 0 Å². The Morgan fingerprint density at radius 3 is 0.938 bits per heavy atom. The van der Waals surface area contributed by atoms with Crippen LogP contribution in [0.25, 0.3) is 0 Å². The third kappa shape index (κ3) is 16.8. The van der Waals surface area contributed by atoms with E-state index in [4.69, 9.17) is 0 Å². The molecule has 0 heterocycles. The Morgan fingerprint density at radius 1 is 0.625 bits per heavy atom. The fourth-order valence-electron chi connectivity index (χ4n) is 0.344. The molecule has 10 heteroatoms. The number of rotatable bonds is 0. The Balaban J connectivity index is -0.000000101. The second-order valence-corrected chi connectivity index (χ2v) is 1.76. The summed E-state index contributed by atoms with van der Waals surface area (Å²) in [6, 6.07) is 0. The minimum absolute atomic E-state index is 0. The lowest BCUT2D eigenvalue weighted by molar-refractivity contribution is -0.176. The molecule has 0 saturated carbocycles. The highest BCUT2D eigenvalue weighted by atomic mass is 27.0. The van der Waals surface area contributed by atoms with E-state index >= 15 is 0 Å². The molecule has 0 atom stereocenters. The molecule has 0 unspecified atom stereocenters. The zero-order valence-electron chi connectivity index (χ0n) is 6.45. The first kappa shape index (κ1) is 29.9. The summed E-state index contributed by atoms with van der Waals surface area (Å²) >= 11 is 0. The van der Waals surface area contributed by atoms with Crippen molar-refractivity contribution in [2.75, 3.05) is 0 Å². The monoisotopic (exact) mass is 294 g/mol. The molecule has 0 rings (SSSR count). The van der Waals surface area contributed by atoms with Gasteiger partial charge >= 0.3 is 23.9 Å². The van der Waals surface area contributed by atoms with E-state index in [0.717, 1.165) is 13.8 Å². The molecule has 0 aliphatic rings. The van der Waals surface area contributed by atoms with E-state index in [1.807, 2.05) is 0 Å². The molecule has 0 aliphatic heterocycles. The molecule has 90 valence electrons. The second kappa shape index (κ2) is 15.4. The van der Waals surface area contributed by atoms with Crippen LogP contribution in [0.3, 0.4) is 0 Å². The first-order chi connectivity index (χ1) is 5.43. The van der Waals surface area contributed by atoms with Gasteiger partial charge in [-0.05, 0) is 0 Å². The van der Waals surface area contributed by atoms with Crippen molar-refractivity contribution in [2.45, 2.75) is 13.8 Å². The fourth-order valence-corrected chi connectivity index (χ4v) is 0.344. The molecule has 0 saturated heterocycles. The molecule has 0 aromatic heterocycles. The van der Waals surface area contributed by atoms with Gasteiger partial charge in [0, 0.05) is 13.8 Å². The highest BCUT2D eigenvalue weighted by Gasteiger charge is 2.20. The van der Waals surface area contributed by atoms with Crippen LogP contribution in [0.5, 0.6) is 0 Å². The fraction of sp³-hybridized carbons (Fsp3) is 0.333. The average molecular weight is 294 g/mol. The molecular weight excluding hydrogens is 276 g/mol. The van der Waals surface area contributed by atoms with Gasteiger partial charge in [-0.15, -0.1) is 0 Å². The maximum Gasteiger partial charge on any atom is 0.425 e. The summed E-state index contributed by atoms with van der Waals surface area (Å²) in [5.74, 6) is -4.89. The van der Waals surface area contributed by atoms with Crippen LogP contribution in [0, 0.1) is 0 Å². The van der Waals surface area contributed by atoms with Crippen LogP contribution in [-0.2, 0) is 28.7 Å². The zero-order chi connectivity index (χ0) is 9.72. The zero-order valence-corrected chi connectivity index (χ0v) is 6.45. The van der Waals surface area contributed by atoms with E-state index in [9.17, 15) is 19.2 Å². The summed E-state index contributed by atoms with van der Waals surface area (Å²) < 4.78 is 7.62. The Kier molecular flexibility index (Phi) is 28.8. The van der Waals surface area contributed by atoms with Gasteiger partial charge in [-0.1, -0.05) is 0 Å². The topological polar surface area (TPSA) is 86.7 Å². The molecule has 0 fully saturated rings. The number of carbonyl (C=O) groups excluding carboxylic acids is 4. The van der Waals surface area contributed by atoms with Gasteiger partial charge in [0.05, 0.1) is 0 Å². The highest BCUT2D eigenvalue weighted by molar-refractivity contribution is 6.33. The van der Waals surface area contributed by atoms with E-state index in [-0.39, 0.29) is 69.4 Å². The number of hydrogen-bond acceptors (Lipinski definition) is 6. The lowest BCUT2D eigenvalue weighted by atomic mass is 10.6. The standard InChI is InChI=1S/C6H6O6.4Al.12H/c1-3(7)11-5(9)6(10)12-4(2)8;;;;;;;;;;;;;;;;/h1-2H3;;;;;;;;;;;;;;;;. The molecule has 0 aliphatic carbocycles. The van der Waals surface area contributed by atoms with Gasteiger partial charge in [-0.25, -0.2) is 9.59 Å². The summed E-state index contributed by atoms with van der Waals surface area (Å²) in [6.45, 7) is 1.89. The number of ether oxygens (including phenoxy) is 2. The first-order valence-corrected chi connectivity index (χ1v) is 2.88. The van der Waals surface area contributed by atoms with Crippen LogP contribution in [0.15, 0.2) is 0 Å². The van der Waals surface area contributed by atoms with E-state index in [0.29, 0.717) is 0 Å². The number of hydrogen-bond donors (Lipinski definition) is 0. The van der Waals surface area contributed by atoms with Gasteiger partial charge < -0.3 is 9.47 Å². The molecule has 16 heavy (non-hydrogen) atoms. The van der Waals surface area contributed by atoms with Crippen LogP contribution < -0.4 is 0 Å². The number of esters is 4. The molecule has 0 amide bonds. The first-order valence-electron chi connectivity index (χ1n) is 2.88. The SMILES string of the molecule is CC(=O)OC(=O)C(=O)OC(C)=O.[AlH3].[AlH3].[AlH3].[AlH3]. The number of carbonyl (C=O) groups is 4. The molecule has 0 N–H and O–H groups in total. The predicted octanol–water partition coefficient (Wildman–Crippen LogP) is -5.57. The van der Waals surface area contributed by atoms with Crippen LogP contribution in [0.2, 0.25) is 0 Å². The van der Waals surface area contributed by atoms with E-state index < -0.39 is 23.9 Å². The lowest BCUT2D eigenvalue weighted by Crippen LogP contribution is -2.23. The smallest absolute Gasteiger partial charge is 0.385 e. The predicted molar refractivity (Wildman–Crippen MR) is 73.3 cm³/mol. The summed E-state index contributed by atoms with van der Waals surface area (Å²) in [7, 11) is 0. The maximum atomic E-state index is 10.4. The summed E-state index contributed by atoms with van der Waals surface area (Å²) in [6.07, 6.45) is 0. The van der Waals surface area contributed by atoms with Gasteiger partial charge in [0.1, 0.15) is 0 Å². The van der Waals surface area contributed by atoms with Crippen LogP contribution >= 0.6 is 0 Å². The van der Waals surface area contributed by atoms with Gasteiger partial charge in [0.15, 0.2) is 69.4 Å². The second-order valence-electron chi connectivity index (χ2n) is 1.76. The van der Waals surface area contributed by atoms with Crippen molar-refractivity contribution >= 4 is 93.3 Å².